The molecule has 0 amide bonds. The second-order valence-corrected chi connectivity index (χ2v) is 3.90. The number of rotatable bonds is 2. The lowest BCUT2D eigenvalue weighted by atomic mass is 10.2. The summed E-state index contributed by atoms with van der Waals surface area (Å²) in [6.45, 7) is 1.99. The normalized spacial score (nSPS) is 23.0. The third-order valence-corrected chi connectivity index (χ3v) is 2.50. The van der Waals surface area contributed by atoms with Crippen LogP contribution < -0.4 is 0 Å². The van der Waals surface area contributed by atoms with Crippen LogP contribution in [0.15, 0.2) is 23.1 Å². The highest BCUT2D eigenvalue weighted by Crippen LogP contribution is 2.27. The Morgan fingerprint density at radius 3 is 3.09 bits per heavy atom. The minimum absolute atomic E-state index is 0.123. The van der Waals surface area contributed by atoms with Crippen molar-refractivity contribution in [3.63, 3.8) is 0 Å². The monoisotopic (exact) mass is 170 g/mol. The number of allylic oxidation sites excluding steroid dienone is 3. The van der Waals surface area contributed by atoms with Gasteiger partial charge in [0.25, 0.3) is 0 Å². The average molecular weight is 170 g/mol. The van der Waals surface area contributed by atoms with E-state index in [4.69, 9.17) is 5.11 Å². The summed E-state index contributed by atoms with van der Waals surface area (Å²) in [5.41, 5.74) is 0. The van der Waals surface area contributed by atoms with E-state index in [1.807, 2.05) is 25.2 Å². The maximum Gasteiger partial charge on any atom is 0.304 e. The molecule has 0 saturated heterocycles. The summed E-state index contributed by atoms with van der Waals surface area (Å²) in [5, 5.41) is 8.61. The summed E-state index contributed by atoms with van der Waals surface area (Å²) in [5.74, 6) is -0.734. The third-order valence-electron chi connectivity index (χ3n) is 1.37. The second-order valence-electron chi connectivity index (χ2n) is 2.42. The highest BCUT2D eigenvalue weighted by Gasteiger charge is 2.12. The van der Waals surface area contributed by atoms with Crippen molar-refractivity contribution < 1.29 is 9.90 Å². The maximum atomic E-state index is 10.3. The van der Waals surface area contributed by atoms with E-state index >= 15 is 0 Å². The predicted molar refractivity (Wildman–Crippen MR) is 46.5 cm³/mol. The molecule has 0 fully saturated rings. The van der Waals surface area contributed by atoms with Crippen molar-refractivity contribution in [2.24, 2.45) is 0 Å². The Morgan fingerprint density at radius 1 is 1.82 bits per heavy atom. The van der Waals surface area contributed by atoms with E-state index < -0.39 is 5.97 Å². The molecule has 0 saturated carbocycles. The van der Waals surface area contributed by atoms with E-state index in [-0.39, 0.29) is 11.7 Å². The molecule has 11 heavy (non-hydrogen) atoms. The highest BCUT2D eigenvalue weighted by atomic mass is 32.2. The Kier molecular flexibility index (Phi) is 2.76. The van der Waals surface area contributed by atoms with E-state index in [1.165, 1.54) is 4.91 Å². The molecule has 0 radical (unpaired) electrons. The van der Waals surface area contributed by atoms with E-state index in [9.17, 15) is 4.79 Å². The van der Waals surface area contributed by atoms with Crippen molar-refractivity contribution in [3.05, 3.63) is 23.1 Å². The van der Waals surface area contributed by atoms with Crippen LogP contribution in [0, 0.1) is 0 Å². The van der Waals surface area contributed by atoms with Crippen LogP contribution in [0.1, 0.15) is 13.3 Å². The average Bonchev–Trinajstić information content (AvgIpc) is 1.85. The maximum absolute atomic E-state index is 10.3. The van der Waals surface area contributed by atoms with E-state index in [0.717, 1.165) is 0 Å². The van der Waals surface area contributed by atoms with Gasteiger partial charge in [0.05, 0.1) is 6.42 Å². The third kappa shape index (κ3) is 2.80. The zero-order chi connectivity index (χ0) is 8.27. The van der Waals surface area contributed by atoms with Crippen LogP contribution in [0.25, 0.3) is 0 Å². The van der Waals surface area contributed by atoms with Gasteiger partial charge >= 0.3 is 5.97 Å². The lowest BCUT2D eigenvalue weighted by Gasteiger charge is -2.12. The number of carboxylic acid groups (broad SMARTS) is 1. The molecule has 0 aromatic rings. The summed E-state index contributed by atoms with van der Waals surface area (Å²) in [6, 6.07) is 0. The fourth-order valence-corrected chi connectivity index (χ4v) is 1.94. The van der Waals surface area contributed by atoms with Crippen LogP contribution >= 0.6 is 11.8 Å². The molecule has 1 aliphatic rings. The van der Waals surface area contributed by atoms with Gasteiger partial charge in [0.15, 0.2) is 0 Å². The van der Waals surface area contributed by atoms with Gasteiger partial charge in [-0.15, -0.1) is 11.8 Å². The van der Waals surface area contributed by atoms with Gasteiger partial charge in [0.1, 0.15) is 0 Å². The quantitative estimate of drug-likeness (QED) is 0.689. The molecule has 0 spiro atoms. The van der Waals surface area contributed by atoms with Gasteiger partial charge in [0, 0.05) is 5.25 Å². The van der Waals surface area contributed by atoms with E-state index in [1.54, 1.807) is 11.8 Å². The Labute approximate surface area is 70.0 Å². The molecule has 0 aromatic heterocycles. The van der Waals surface area contributed by atoms with Crippen LogP contribution in [0.5, 0.6) is 0 Å². The lowest BCUT2D eigenvalue weighted by Crippen LogP contribution is -2.08. The highest BCUT2D eigenvalue weighted by molar-refractivity contribution is 8.03. The van der Waals surface area contributed by atoms with E-state index in [0.29, 0.717) is 0 Å². The summed E-state index contributed by atoms with van der Waals surface area (Å²) in [6.07, 6.45) is 6.04. The summed E-state index contributed by atoms with van der Waals surface area (Å²) >= 11 is 1.61. The number of aliphatic carboxylic acids is 1. The number of hydrogen-bond donors (Lipinski definition) is 1. The Bertz CT molecular complexity index is 216. The number of carboxylic acids is 1. The van der Waals surface area contributed by atoms with Gasteiger partial charge in [0.2, 0.25) is 0 Å². The molecule has 0 aliphatic carbocycles. The first-order chi connectivity index (χ1) is 5.18. The first-order valence-electron chi connectivity index (χ1n) is 3.42. The van der Waals surface area contributed by atoms with Crippen molar-refractivity contribution >= 4 is 17.7 Å². The van der Waals surface area contributed by atoms with Crippen LogP contribution in [0.3, 0.4) is 0 Å². The first kappa shape index (κ1) is 8.40. The number of hydrogen-bond acceptors (Lipinski definition) is 2. The molecule has 60 valence electrons. The van der Waals surface area contributed by atoms with Gasteiger partial charge in [-0.2, -0.15) is 0 Å². The summed E-state index contributed by atoms with van der Waals surface area (Å²) in [7, 11) is 0. The van der Waals surface area contributed by atoms with Gasteiger partial charge in [-0.05, 0) is 11.8 Å². The van der Waals surface area contributed by atoms with Crippen molar-refractivity contribution in [1.29, 1.82) is 0 Å². The van der Waals surface area contributed by atoms with Gasteiger partial charge in [-0.3, -0.25) is 4.79 Å². The topological polar surface area (TPSA) is 37.3 Å². The van der Waals surface area contributed by atoms with Crippen molar-refractivity contribution in [3.8, 4) is 0 Å². The minimum atomic E-state index is -0.734. The van der Waals surface area contributed by atoms with Crippen LogP contribution in [0.4, 0.5) is 0 Å². The Morgan fingerprint density at radius 2 is 2.55 bits per heavy atom. The van der Waals surface area contributed by atoms with Crippen LogP contribution in [0.2, 0.25) is 0 Å². The number of thioether (sulfide) groups is 1. The molecule has 2 nitrogen and oxygen atoms in total. The molecule has 1 rings (SSSR count). The van der Waals surface area contributed by atoms with Crippen molar-refractivity contribution in [1.82, 2.24) is 0 Å². The molecule has 1 aliphatic heterocycles. The lowest BCUT2D eigenvalue weighted by molar-refractivity contribution is -0.136. The molecule has 0 bridgehead atoms. The predicted octanol–water partition coefficient (Wildman–Crippen LogP) is 2.04. The number of carbonyl (C=O) groups is 1. The van der Waals surface area contributed by atoms with Crippen molar-refractivity contribution in [2.75, 3.05) is 0 Å². The molecule has 1 atom stereocenters. The first-order valence-corrected chi connectivity index (χ1v) is 4.30. The standard InChI is InChI=1S/C8H10O2S/c1-6-3-2-4-7(11-6)5-8(9)10/h2-4,7H,5H2,1H3,(H,9,10). The summed E-state index contributed by atoms with van der Waals surface area (Å²) in [4.78, 5) is 11.5. The van der Waals surface area contributed by atoms with Crippen molar-refractivity contribution in [2.45, 2.75) is 18.6 Å². The largest absolute Gasteiger partial charge is 0.481 e. The van der Waals surface area contributed by atoms with Gasteiger partial charge in [-0.25, -0.2) is 0 Å². The molecular weight excluding hydrogens is 160 g/mol. The van der Waals surface area contributed by atoms with Crippen LogP contribution in [-0.4, -0.2) is 16.3 Å². The molecule has 1 unspecified atom stereocenters. The van der Waals surface area contributed by atoms with Crippen LogP contribution in [-0.2, 0) is 4.79 Å². The summed E-state index contributed by atoms with van der Waals surface area (Å²) < 4.78 is 0. The fraction of sp³-hybridized carbons (Fsp3) is 0.375. The fourth-order valence-electron chi connectivity index (χ4n) is 0.914. The second kappa shape index (κ2) is 3.62. The molecule has 1 heterocycles. The molecule has 1 N–H and O–H groups in total. The van der Waals surface area contributed by atoms with Gasteiger partial charge in [-0.1, -0.05) is 18.2 Å². The SMILES string of the molecule is CC1=CC=CC(CC(=O)O)S1. The molecule has 3 heteroatoms. The Balaban J connectivity index is 2.46. The smallest absolute Gasteiger partial charge is 0.304 e. The molecular formula is C8H10O2S. The minimum Gasteiger partial charge on any atom is -0.481 e. The van der Waals surface area contributed by atoms with Gasteiger partial charge < -0.3 is 5.11 Å². The molecule has 0 aromatic carbocycles. The Hall–Kier alpha value is -0.700. The zero-order valence-electron chi connectivity index (χ0n) is 6.28. The van der Waals surface area contributed by atoms with E-state index in [2.05, 4.69) is 0 Å². The zero-order valence-corrected chi connectivity index (χ0v) is 7.10.